The van der Waals surface area contributed by atoms with Crippen LogP contribution in [0.15, 0.2) is 72.8 Å². The summed E-state index contributed by atoms with van der Waals surface area (Å²) in [5.41, 5.74) is 3.87. The maximum absolute atomic E-state index is 12.1. The van der Waals surface area contributed by atoms with Gasteiger partial charge >= 0.3 is 0 Å². The number of rotatable bonds is 4. The molecule has 30 heavy (non-hydrogen) atoms. The van der Waals surface area contributed by atoms with Crippen LogP contribution in [0.25, 0.3) is 0 Å². The van der Waals surface area contributed by atoms with Gasteiger partial charge in [-0.1, -0.05) is 102 Å². The van der Waals surface area contributed by atoms with Gasteiger partial charge in [-0.25, -0.2) is 0 Å². The van der Waals surface area contributed by atoms with Crippen LogP contribution in [-0.4, -0.2) is 12.2 Å². The molecular weight excluding hydrogens is 368 g/mol. The summed E-state index contributed by atoms with van der Waals surface area (Å²) in [4.78, 5) is 0. The lowest BCUT2D eigenvalue weighted by molar-refractivity contribution is 0.125. The molecule has 0 radical (unpaired) electrons. The van der Waals surface area contributed by atoms with Gasteiger partial charge in [0, 0.05) is 0 Å². The highest BCUT2D eigenvalue weighted by atomic mass is 16.5. The lowest BCUT2D eigenvalue weighted by Crippen LogP contribution is -2.29. The number of benzene rings is 3. The minimum Gasteiger partial charge on any atom is -0.497 e. The average Bonchev–Trinajstić information content (AvgIpc) is 2.72. The quantitative estimate of drug-likeness (QED) is 0.500. The number of hydrogen-bond donors (Lipinski definition) is 1. The van der Waals surface area contributed by atoms with E-state index in [4.69, 9.17) is 4.74 Å². The monoisotopic (exact) mass is 402 g/mol. The van der Waals surface area contributed by atoms with Crippen molar-refractivity contribution in [3.05, 3.63) is 101 Å². The van der Waals surface area contributed by atoms with E-state index in [-0.39, 0.29) is 10.8 Å². The maximum Gasteiger partial charge on any atom is 0.140 e. The van der Waals surface area contributed by atoms with Crippen LogP contribution in [0, 0.1) is 0 Å². The van der Waals surface area contributed by atoms with Crippen molar-refractivity contribution in [2.24, 2.45) is 0 Å². The third-order valence-corrected chi connectivity index (χ3v) is 5.85. The first-order valence-electron chi connectivity index (χ1n) is 10.6. The van der Waals surface area contributed by atoms with E-state index >= 15 is 0 Å². The van der Waals surface area contributed by atoms with E-state index in [1.807, 2.05) is 48.5 Å². The molecule has 2 heteroatoms. The minimum atomic E-state index is -1.25. The number of aliphatic hydroxyl groups is 1. The van der Waals surface area contributed by atoms with Crippen molar-refractivity contribution in [1.82, 2.24) is 0 Å². The molecule has 0 bridgehead atoms. The Labute approximate surface area is 181 Å². The lowest BCUT2D eigenvalue weighted by atomic mass is 9.77. The molecule has 0 heterocycles. The molecule has 3 aromatic rings. The largest absolute Gasteiger partial charge is 0.497 e. The second kappa shape index (κ2) is 7.92. The number of ether oxygens (including phenoxy) is 1. The van der Waals surface area contributed by atoms with Crippen LogP contribution in [0.1, 0.15) is 69.4 Å². The summed E-state index contributed by atoms with van der Waals surface area (Å²) >= 11 is 0. The smallest absolute Gasteiger partial charge is 0.140 e. The fourth-order valence-electron chi connectivity index (χ4n) is 3.76. The standard InChI is InChI=1S/C28H34O2/c1-26(2,3)20-8-12-22(13-9-20)28(29,24-16-18-25(30-7)19-17-24)23-14-10-21(11-15-23)27(4,5)6/h8-19,29H,1-7H3. The predicted octanol–water partition coefficient (Wildman–Crippen LogP) is 6.57. The minimum absolute atomic E-state index is 0.0606. The second-order valence-corrected chi connectivity index (χ2v) is 10.1. The molecule has 2 nitrogen and oxygen atoms in total. The molecule has 0 amide bonds. The predicted molar refractivity (Wildman–Crippen MR) is 125 cm³/mol. The molecule has 0 aliphatic rings. The first-order valence-corrected chi connectivity index (χ1v) is 10.6. The third kappa shape index (κ3) is 4.29. The third-order valence-electron chi connectivity index (χ3n) is 5.85. The molecule has 3 aromatic carbocycles. The summed E-state index contributed by atoms with van der Waals surface area (Å²) in [5.74, 6) is 0.771. The molecule has 3 rings (SSSR count). The van der Waals surface area contributed by atoms with Gasteiger partial charge in [0.2, 0.25) is 0 Å². The first kappa shape index (κ1) is 22.1. The number of hydrogen-bond acceptors (Lipinski definition) is 2. The Hall–Kier alpha value is -2.58. The van der Waals surface area contributed by atoms with Crippen molar-refractivity contribution in [2.45, 2.75) is 58.0 Å². The molecule has 0 aliphatic heterocycles. The molecule has 0 spiro atoms. The Bertz CT molecular complexity index is 910. The van der Waals surface area contributed by atoms with Crippen LogP contribution in [0.2, 0.25) is 0 Å². The molecule has 0 aromatic heterocycles. The van der Waals surface area contributed by atoms with Crippen LogP contribution in [-0.2, 0) is 16.4 Å². The topological polar surface area (TPSA) is 29.5 Å². The van der Waals surface area contributed by atoms with E-state index in [1.54, 1.807) is 7.11 Å². The Kier molecular flexibility index (Phi) is 5.84. The van der Waals surface area contributed by atoms with E-state index in [0.29, 0.717) is 0 Å². The second-order valence-electron chi connectivity index (χ2n) is 10.1. The normalized spacial score (nSPS) is 12.7. The van der Waals surface area contributed by atoms with Crippen molar-refractivity contribution < 1.29 is 9.84 Å². The van der Waals surface area contributed by atoms with Crippen LogP contribution in [0.4, 0.5) is 0 Å². The molecule has 0 atom stereocenters. The van der Waals surface area contributed by atoms with Crippen molar-refractivity contribution in [2.75, 3.05) is 7.11 Å². The Balaban J connectivity index is 2.15. The zero-order valence-corrected chi connectivity index (χ0v) is 19.3. The maximum atomic E-state index is 12.1. The highest BCUT2D eigenvalue weighted by Crippen LogP contribution is 2.39. The van der Waals surface area contributed by atoms with Crippen molar-refractivity contribution in [3.63, 3.8) is 0 Å². The summed E-state index contributed by atoms with van der Waals surface area (Å²) < 4.78 is 5.32. The van der Waals surface area contributed by atoms with Gasteiger partial charge in [0.1, 0.15) is 11.4 Å². The Morgan fingerprint density at radius 1 is 0.500 bits per heavy atom. The van der Waals surface area contributed by atoms with Crippen molar-refractivity contribution in [1.29, 1.82) is 0 Å². The molecule has 0 fully saturated rings. The van der Waals surface area contributed by atoms with Gasteiger partial charge in [-0.3, -0.25) is 0 Å². The van der Waals surface area contributed by atoms with E-state index in [1.165, 1.54) is 11.1 Å². The number of methoxy groups -OCH3 is 1. The zero-order chi connectivity index (χ0) is 22.2. The van der Waals surface area contributed by atoms with E-state index in [9.17, 15) is 5.11 Å². The Morgan fingerprint density at radius 2 is 0.767 bits per heavy atom. The van der Waals surface area contributed by atoms with E-state index < -0.39 is 5.60 Å². The van der Waals surface area contributed by atoms with Crippen LogP contribution >= 0.6 is 0 Å². The summed E-state index contributed by atoms with van der Waals surface area (Å²) in [6.45, 7) is 13.2. The fraction of sp³-hybridized carbons (Fsp3) is 0.357. The molecule has 0 aliphatic carbocycles. The zero-order valence-electron chi connectivity index (χ0n) is 19.3. The highest BCUT2D eigenvalue weighted by molar-refractivity contribution is 5.49. The van der Waals surface area contributed by atoms with E-state index in [0.717, 1.165) is 22.4 Å². The summed E-state index contributed by atoms with van der Waals surface area (Å²) in [5, 5.41) is 12.1. The lowest BCUT2D eigenvalue weighted by Gasteiger charge is -2.32. The van der Waals surface area contributed by atoms with Gasteiger partial charge in [0.05, 0.1) is 7.11 Å². The fourth-order valence-corrected chi connectivity index (χ4v) is 3.76. The van der Waals surface area contributed by atoms with Gasteiger partial charge in [0.15, 0.2) is 0 Å². The average molecular weight is 403 g/mol. The molecule has 0 saturated carbocycles. The molecular formula is C28H34O2. The van der Waals surface area contributed by atoms with Crippen molar-refractivity contribution in [3.8, 4) is 5.75 Å². The summed E-state index contributed by atoms with van der Waals surface area (Å²) in [6, 6.07) is 24.3. The van der Waals surface area contributed by atoms with E-state index in [2.05, 4.69) is 65.8 Å². The van der Waals surface area contributed by atoms with Gasteiger partial charge < -0.3 is 9.84 Å². The van der Waals surface area contributed by atoms with Gasteiger partial charge in [0.25, 0.3) is 0 Å². The Morgan fingerprint density at radius 3 is 1.03 bits per heavy atom. The highest BCUT2D eigenvalue weighted by Gasteiger charge is 2.34. The van der Waals surface area contributed by atoms with Crippen LogP contribution in [0.5, 0.6) is 5.75 Å². The summed E-state index contributed by atoms with van der Waals surface area (Å²) in [7, 11) is 1.65. The van der Waals surface area contributed by atoms with Gasteiger partial charge in [-0.2, -0.15) is 0 Å². The van der Waals surface area contributed by atoms with Gasteiger partial charge in [-0.15, -0.1) is 0 Å². The first-order chi connectivity index (χ1) is 14.0. The molecule has 158 valence electrons. The van der Waals surface area contributed by atoms with Gasteiger partial charge in [-0.05, 0) is 50.8 Å². The molecule has 1 N–H and O–H groups in total. The SMILES string of the molecule is COc1ccc(C(O)(c2ccc(C(C)(C)C)cc2)c2ccc(C(C)(C)C)cc2)cc1. The molecule has 0 unspecified atom stereocenters. The summed E-state index contributed by atoms with van der Waals surface area (Å²) in [6.07, 6.45) is 0. The molecule has 0 saturated heterocycles. The van der Waals surface area contributed by atoms with Crippen molar-refractivity contribution >= 4 is 0 Å². The van der Waals surface area contributed by atoms with Crippen LogP contribution < -0.4 is 4.74 Å². The van der Waals surface area contributed by atoms with Crippen LogP contribution in [0.3, 0.4) is 0 Å².